The van der Waals surface area contributed by atoms with Crippen LogP contribution in [0.25, 0.3) is 10.8 Å². The number of ether oxygens (including phenoxy) is 1. The first-order valence-electron chi connectivity index (χ1n) is 7.58. The molecule has 4 heteroatoms. The van der Waals surface area contributed by atoms with Gasteiger partial charge in [-0.1, -0.05) is 48.2 Å². The number of nitrogens with one attached hydrogen (secondary N) is 1. The first-order chi connectivity index (χ1) is 11.8. The van der Waals surface area contributed by atoms with E-state index in [1.807, 2.05) is 60.8 Å². The van der Waals surface area contributed by atoms with Crippen molar-refractivity contribution < 1.29 is 9.53 Å². The summed E-state index contributed by atoms with van der Waals surface area (Å²) in [5.41, 5.74) is 1.84. The number of alkyl carbamates (subject to hydrolysis) is 1. The third kappa shape index (κ3) is 4.34. The van der Waals surface area contributed by atoms with E-state index in [9.17, 15) is 4.79 Å². The Bertz CT molecular complexity index is 895. The van der Waals surface area contributed by atoms with Gasteiger partial charge in [0.15, 0.2) is 0 Å². The smallest absolute Gasteiger partial charge is 0.408 e. The maximum atomic E-state index is 11.6. The molecule has 0 saturated heterocycles. The predicted octanol–water partition coefficient (Wildman–Crippen LogP) is 3.51. The van der Waals surface area contributed by atoms with Gasteiger partial charge >= 0.3 is 6.09 Å². The maximum absolute atomic E-state index is 11.6. The van der Waals surface area contributed by atoms with E-state index in [2.05, 4.69) is 22.1 Å². The van der Waals surface area contributed by atoms with E-state index in [-0.39, 0.29) is 13.2 Å². The van der Waals surface area contributed by atoms with Crippen LogP contribution in [0.15, 0.2) is 67.0 Å². The molecule has 24 heavy (non-hydrogen) atoms. The molecule has 1 amide bonds. The van der Waals surface area contributed by atoms with Crippen molar-refractivity contribution >= 4 is 16.9 Å². The van der Waals surface area contributed by atoms with E-state index >= 15 is 0 Å². The van der Waals surface area contributed by atoms with Crippen LogP contribution in [0.1, 0.15) is 11.1 Å². The van der Waals surface area contributed by atoms with Gasteiger partial charge in [0, 0.05) is 23.3 Å². The zero-order valence-corrected chi connectivity index (χ0v) is 13.0. The number of carbonyl (C=O) groups excluding carboxylic acids is 1. The van der Waals surface area contributed by atoms with Crippen LogP contribution in [0.2, 0.25) is 0 Å². The monoisotopic (exact) mass is 316 g/mol. The number of amides is 1. The average molecular weight is 316 g/mol. The number of rotatable bonds is 3. The molecule has 3 rings (SSSR count). The lowest BCUT2D eigenvalue weighted by Gasteiger charge is -2.04. The highest BCUT2D eigenvalue weighted by Gasteiger charge is 2.00. The molecule has 0 unspecified atom stereocenters. The summed E-state index contributed by atoms with van der Waals surface area (Å²) in [6.45, 7) is 0.487. The van der Waals surface area contributed by atoms with Gasteiger partial charge in [-0.15, -0.1) is 0 Å². The predicted molar refractivity (Wildman–Crippen MR) is 93.3 cm³/mol. The zero-order valence-electron chi connectivity index (χ0n) is 13.0. The largest absolute Gasteiger partial charge is 0.445 e. The van der Waals surface area contributed by atoms with Gasteiger partial charge in [-0.3, -0.25) is 4.98 Å². The topological polar surface area (TPSA) is 51.2 Å². The summed E-state index contributed by atoms with van der Waals surface area (Å²) in [4.78, 5) is 15.7. The van der Waals surface area contributed by atoms with Gasteiger partial charge in [-0.25, -0.2) is 4.79 Å². The van der Waals surface area contributed by atoms with E-state index in [1.165, 1.54) is 0 Å². The molecular formula is C20H16N2O2. The number of pyridine rings is 1. The van der Waals surface area contributed by atoms with Gasteiger partial charge in [0.25, 0.3) is 0 Å². The molecule has 0 atom stereocenters. The molecule has 0 saturated carbocycles. The Morgan fingerprint density at radius 3 is 2.83 bits per heavy atom. The number of carbonyl (C=O) groups is 1. The molecule has 3 aromatic rings. The second-order valence-electron chi connectivity index (χ2n) is 5.15. The van der Waals surface area contributed by atoms with Crippen molar-refractivity contribution in [2.45, 2.75) is 6.61 Å². The minimum Gasteiger partial charge on any atom is -0.445 e. The Labute approximate surface area is 140 Å². The molecule has 2 aromatic carbocycles. The summed E-state index contributed by atoms with van der Waals surface area (Å²) < 4.78 is 5.11. The Hall–Kier alpha value is -3.32. The normalized spacial score (nSPS) is 9.83. The summed E-state index contributed by atoms with van der Waals surface area (Å²) in [7, 11) is 0. The van der Waals surface area contributed by atoms with Crippen LogP contribution in [0, 0.1) is 11.8 Å². The SMILES string of the molecule is O=C(NCC#Cc1ccc2cnccc2c1)OCc1ccccc1. The molecule has 0 aliphatic carbocycles. The van der Waals surface area contributed by atoms with Crippen LogP contribution in [0.4, 0.5) is 4.79 Å². The summed E-state index contributed by atoms with van der Waals surface area (Å²) in [5.74, 6) is 5.94. The number of hydrogen-bond donors (Lipinski definition) is 1. The van der Waals surface area contributed by atoms with Gasteiger partial charge in [-0.05, 0) is 29.1 Å². The van der Waals surface area contributed by atoms with Crippen LogP contribution >= 0.6 is 0 Å². The number of hydrogen-bond acceptors (Lipinski definition) is 3. The molecule has 118 valence electrons. The van der Waals surface area contributed by atoms with Crippen LogP contribution in [-0.4, -0.2) is 17.6 Å². The summed E-state index contributed by atoms with van der Waals surface area (Å²) in [5, 5.41) is 4.78. The molecule has 4 nitrogen and oxygen atoms in total. The van der Waals surface area contributed by atoms with Crippen LogP contribution < -0.4 is 5.32 Å². The van der Waals surface area contributed by atoms with E-state index in [1.54, 1.807) is 6.20 Å². The van der Waals surface area contributed by atoms with Crippen molar-refractivity contribution in [3.63, 3.8) is 0 Å². The van der Waals surface area contributed by atoms with Crippen molar-refractivity contribution in [2.24, 2.45) is 0 Å². The second kappa shape index (κ2) is 7.80. The van der Waals surface area contributed by atoms with Crippen molar-refractivity contribution in [2.75, 3.05) is 6.54 Å². The fourth-order valence-electron chi connectivity index (χ4n) is 2.20. The Morgan fingerprint density at radius 2 is 1.96 bits per heavy atom. The minimum atomic E-state index is -0.474. The van der Waals surface area contributed by atoms with Crippen molar-refractivity contribution in [1.82, 2.24) is 10.3 Å². The minimum absolute atomic E-state index is 0.238. The highest BCUT2D eigenvalue weighted by molar-refractivity contribution is 5.82. The molecule has 0 spiro atoms. The number of benzene rings is 2. The molecule has 0 aliphatic rings. The fourth-order valence-corrected chi connectivity index (χ4v) is 2.20. The first-order valence-corrected chi connectivity index (χ1v) is 7.58. The van der Waals surface area contributed by atoms with Gasteiger partial charge in [-0.2, -0.15) is 0 Å². The molecular weight excluding hydrogens is 300 g/mol. The third-order valence-corrected chi connectivity index (χ3v) is 3.41. The van der Waals surface area contributed by atoms with E-state index in [0.717, 1.165) is 21.9 Å². The van der Waals surface area contributed by atoms with Crippen molar-refractivity contribution in [3.05, 3.63) is 78.1 Å². The van der Waals surface area contributed by atoms with Gasteiger partial charge < -0.3 is 10.1 Å². The lowest BCUT2D eigenvalue weighted by atomic mass is 10.1. The second-order valence-corrected chi connectivity index (χ2v) is 5.15. The van der Waals surface area contributed by atoms with E-state index in [4.69, 9.17) is 4.74 Å². The number of aromatic nitrogens is 1. The van der Waals surface area contributed by atoms with Crippen LogP contribution in [0.3, 0.4) is 0 Å². The molecule has 1 aromatic heterocycles. The zero-order chi connectivity index (χ0) is 16.6. The molecule has 1 heterocycles. The van der Waals surface area contributed by atoms with Crippen molar-refractivity contribution in [1.29, 1.82) is 0 Å². The highest BCUT2D eigenvalue weighted by atomic mass is 16.5. The van der Waals surface area contributed by atoms with Crippen LogP contribution in [-0.2, 0) is 11.3 Å². The van der Waals surface area contributed by atoms with Gasteiger partial charge in [0.2, 0.25) is 0 Å². The summed E-state index contributed by atoms with van der Waals surface area (Å²) in [6.07, 6.45) is 3.10. The summed E-state index contributed by atoms with van der Waals surface area (Å²) in [6, 6.07) is 17.4. The van der Waals surface area contributed by atoms with Crippen LogP contribution in [0.5, 0.6) is 0 Å². The molecule has 0 radical (unpaired) electrons. The maximum Gasteiger partial charge on any atom is 0.408 e. The Balaban J connectivity index is 1.49. The Morgan fingerprint density at radius 1 is 1.08 bits per heavy atom. The van der Waals surface area contributed by atoms with Gasteiger partial charge in [0.1, 0.15) is 6.61 Å². The number of fused-ring (bicyclic) bond motifs is 1. The first kappa shape index (κ1) is 15.6. The number of nitrogens with zero attached hydrogens (tertiary/aromatic N) is 1. The lowest BCUT2D eigenvalue weighted by molar-refractivity contribution is 0.141. The molecule has 0 aliphatic heterocycles. The summed E-state index contributed by atoms with van der Waals surface area (Å²) >= 11 is 0. The molecule has 1 N–H and O–H groups in total. The van der Waals surface area contributed by atoms with Crippen molar-refractivity contribution in [3.8, 4) is 11.8 Å². The van der Waals surface area contributed by atoms with E-state index < -0.39 is 6.09 Å². The average Bonchev–Trinajstić information content (AvgIpc) is 2.64. The third-order valence-electron chi connectivity index (χ3n) is 3.41. The van der Waals surface area contributed by atoms with E-state index in [0.29, 0.717) is 0 Å². The fraction of sp³-hybridized carbons (Fsp3) is 0.100. The standard InChI is InChI=1S/C20H16N2O2/c23-20(24-15-17-5-2-1-3-6-17)22-11-4-7-16-8-9-19-14-21-12-10-18(19)13-16/h1-3,5-6,8-10,12-14H,11,15H2,(H,22,23). The lowest BCUT2D eigenvalue weighted by Crippen LogP contribution is -2.24. The van der Waals surface area contributed by atoms with Gasteiger partial charge in [0.05, 0.1) is 6.54 Å². The highest BCUT2D eigenvalue weighted by Crippen LogP contribution is 2.13. The molecule has 0 bridgehead atoms. The quantitative estimate of drug-likeness (QED) is 0.752. The molecule has 0 fully saturated rings. The Kier molecular flexibility index (Phi) is 5.06.